The van der Waals surface area contributed by atoms with E-state index in [0.717, 1.165) is 3.57 Å². The quantitative estimate of drug-likeness (QED) is 0.579. The minimum absolute atomic E-state index is 0.125. The number of nitrogens with zero attached hydrogens (tertiary/aromatic N) is 1. The minimum Gasteiger partial charge on any atom is -0.483 e. The van der Waals surface area contributed by atoms with Gasteiger partial charge in [-0.2, -0.15) is 4.31 Å². The second kappa shape index (κ2) is 9.33. The summed E-state index contributed by atoms with van der Waals surface area (Å²) in [6, 6.07) is 13.5. The maximum Gasteiger partial charge on any atom is 0.262 e. The first kappa shape index (κ1) is 20.7. The Morgan fingerprint density at radius 3 is 2.27 bits per heavy atom. The summed E-state index contributed by atoms with van der Waals surface area (Å²) in [5, 5.41) is 2.69. The molecule has 0 aliphatic heterocycles. The third-order valence-corrected chi connectivity index (χ3v) is 6.63. The molecule has 2 aromatic rings. The first-order valence-electron chi connectivity index (χ1n) is 8.15. The maximum atomic E-state index is 12.4. The molecular formula is C18H21IN2O4S. The second-order valence-corrected chi connectivity index (χ2v) is 8.48. The van der Waals surface area contributed by atoms with Crippen LogP contribution in [0.25, 0.3) is 0 Å². The molecule has 0 unspecified atom stereocenters. The van der Waals surface area contributed by atoms with Crippen LogP contribution in [0.3, 0.4) is 0 Å². The van der Waals surface area contributed by atoms with Crippen LogP contribution >= 0.6 is 22.6 Å². The fraction of sp³-hybridized carbons (Fsp3) is 0.278. The Kier molecular flexibility index (Phi) is 7.42. The molecule has 0 fully saturated rings. The molecule has 0 aliphatic rings. The van der Waals surface area contributed by atoms with E-state index in [9.17, 15) is 13.2 Å². The lowest BCUT2D eigenvalue weighted by atomic mass is 10.3. The summed E-state index contributed by atoms with van der Waals surface area (Å²) in [4.78, 5) is 12.2. The molecule has 0 saturated carbocycles. The molecule has 6 nitrogen and oxygen atoms in total. The van der Waals surface area contributed by atoms with E-state index < -0.39 is 10.0 Å². The second-order valence-electron chi connectivity index (χ2n) is 5.38. The summed E-state index contributed by atoms with van der Waals surface area (Å²) in [5.41, 5.74) is 0.514. The highest BCUT2D eigenvalue weighted by atomic mass is 127. The van der Waals surface area contributed by atoms with Gasteiger partial charge in [-0.05, 0) is 59.0 Å². The minimum atomic E-state index is -3.50. The zero-order valence-electron chi connectivity index (χ0n) is 14.6. The molecule has 1 amide bonds. The monoisotopic (exact) mass is 488 g/mol. The molecule has 0 bridgehead atoms. The van der Waals surface area contributed by atoms with E-state index >= 15 is 0 Å². The molecule has 0 radical (unpaired) electrons. The summed E-state index contributed by atoms with van der Waals surface area (Å²) in [7, 11) is -3.50. The molecule has 2 aromatic carbocycles. The summed E-state index contributed by atoms with van der Waals surface area (Å²) in [5.74, 6) is 0.327. The van der Waals surface area contributed by atoms with Crippen LogP contribution in [-0.4, -0.2) is 38.3 Å². The molecule has 0 aromatic heterocycles. The van der Waals surface area contributed by atoms with E-state index in [1.807, 2.05) is 18.2 Å². The smallest absolute Gasteiger partial charge is 0.262 e. The average Bonchev–Trinajstić information content (AvgIpc) is 2.62. The van der Waals surface area contributed by atoms with Gasteiger partial charge in [0.15, 0.2) is 6.61 Å². The Labute approximate surface area is 167 Å². The van der Waals surface area contributed by atoms with Gasteiger partial charge in [0.05, 0.1) is 8.47 Å². The number of amides is 1. The number of para-hydroxylation sites is 1. The van der Waals surface area contributed by atoms with Gasteiger partial charge in [-0.15, -0.1) is 0 Å². The number of halogens is 1. The Morgan fingerprint density at radius 1 is 1.08 bits per heavy atom. The van der Waals surface area contributed by atoms with Crippen molar-refractivity contribution in [3.05, 3.63) is 52.1 Å². The van der Waals surface area contributed by atoms with Gasteiger partial charge >= 0.3 is 0 Å². The number of benzene rings is 2. The first-order valence-corrected chi connectivity index (χ1v) is 10.7. The van der Waals surface area contributed by atoms with Crippen LogP contribution in [0.1, 0.15) is 13.8 Å². The Hall–Kier alpha value is -1.65. The van der Waals surface area contributed by atoms with Crippen molar-refractivity contribution in [3.8, 4) is 5.75 Å². The highest BCUT2D eigenvalue weighted by Gasteiger charge is 2.21. The predicted molar refractivity (Wildman–Crippen MR) is 110 cm³/mol. The number of rotatable bonds is 8. The summed E-state index contributed by atoms with van der Waals surface area (Å²) < 4.78 is 32.7. The Morgan fingerprint density at radius 2 is 1.69 bits per heavy atom. The first-order chi connectivity index (χ1) is 12.4. The van der Waals surface area contributed by atoms with E-state index in [2.05, 4.69) is 27.9 Å². The number of ether oxygens (including phenoxy) is 1. The van der Waals surface area contributed by atoms with Crippen LogP contribution in [-0.2, 0) is 14.8 Å². The van der Waals surface area contributed by atoms with Crippen LogP contribution in [0.4, 0.5) is 5.69 Å². The number of hydrogen-bond acceptors (Lipinski definition) is 4. The normalized spacial score (nSPS) is 11.4. The number of nitrogens with one attached hydrogen (secondary N) is 1. The van der Waals surface area contributed by atoms with Gasteiger partial charge in [0.25, 0.3) is 5.91 Å². The topological polar surface area (TPSA) is 75.7 Å². The molecule has 0 aliphatic carbocycles. The lowest BCUT2D eigenvalue weighted by molar-refractivity contribution is -0.118. The van der Waals surface area contributed by atoms with Crippen LogP contribution < -0.4 is 10.1 Å². The number of anilines is 1. The number of carbonyl (C=O) groups is 1. The van der Waals surface area contributed by atoms with Gasteiger partial charge in [0.2, 0.25) is 10.0 Å². The molecule has 8 heteroatoms. The summed E-state index contributed by atoms with van der Waals surface area (Å²) in [6.07, 6.45) is 0. The van der Waals surface area contributed by atoms with Crippen molar-refractivity contribution in [1.29, 1.82) is 0 Å². The molecule has 2 rings (SSSR count). The molecule has 0 atom stereocenters. The average molecular weight is 488 g/mol. The summed E-state index contributed by atoms with van der Waals surface area (Å²) >= 11 is 2.14. The van der Waals surface area contributed by atoms with Crippen molar-refractivity contribution in [3.63, 3.8) is 0 Å². The number of carbonyl (C=O) groups excluding carboxylic acids is 1. The lowest BCUT2D eigenvalue weighted by Gasteiger charge is -2.18. The van der Waals surface area contributed by atoms with Crippen LogP contribution in [0.2, 0.25) is 0 Å². The highest BCUT2D eigenvalue weighted by molar-refractivity contribution is 14.1. The van der Waals surface area contributed by atoms with Crippen LogP contribution in [0.5, 0.6) is 5.75 Å². The molecule has 0 heterocycles. The van der Waals surface area contributed by atoms with E-state index in [4.69, 9.17) is 4.74 Å². The molecule has 26 heavy (non-hydrogen) atoms. The van der Waals surface area contributed by atoms with Gasteiger partial charge in [-0.3, -0.25) is 4.79 Å². The van der Waals surface area contributed by atoms with E-state index in [1.165, 1.54) is 16.4 Å². The van der Waals surface area contributed by atoms with Crippen molar-refractivity contribution < 1.29 is 17.9 Å². The molecule has 0 spiro atoms. The molecular weight excluding hydrogens is 467 g/mol. The third kappa shape index (κ3) is 5.18. The van der Waals surface area contributed by atoms with Gasteiger partial charge in [0, 0.05) is 18.8 Å². The van der Waals surface area contributed by atoms with E-state index in [-0.39, 0.29) is 17.4 Å². The van der Waals surface area contributed by atoms with Gasteiger partial charge in [-0.25, -0.2) is 8.42 Å². The molecule has 0 saturated heterocycles. The van der Waals surface area contributed by atoms with Crippen LogP contribution in [0, 0.1) is 3.57 Å². The molecule has 140 valence electrons. The Bertz CT molecular complexity index is 850. The zero-order chi connectivity index (χ0) is 19.2. The SMILES string of the molecule is CCN(CC)S(=O)(=O)c1ccc(NC(=O)COc2ccccc2I)cc1. The lowest BCUT2D eigenvalue weighted by Crippen LogP contribution is -2.30. The largest absolute Gasteiger partial charge is 0.483 e. The number of hydrogen-bond donors (Lipinski definition) is 1. The van der Waals surface area contributed by atoms with Gasteiger partial charge in [0.1, 0.15) is 5.75 Å². The van der Waals surface area contributed by atoms with Crippen molar-refractivity contribution >= 4 is 44.2 Å². The van der Waals surface area contributed by atoms with E-state index in [0.29, 0.717) is 24.5 Å². The number of sulfonamides is 1. The third-order valence-electron chi connectivity index (χ3n) is 3.68. The maximum absolute atomic E-state index is 12.4. The predicted octanol–water partition coefficient (Wildman–Crippen LogP) is 3.34. The zero-order valence-corrected chi connectivity index (χ0v) is 17.6. The highest BCUT2D eigenvalue weighted by Crippen LogP contribution is 2.20. The molecule has 1 N–H and O–H groups in total. The van der Waals surface area contributed by atoms with Crippen LogP contribution in [0.15, 0.2) is 53.4 Å². The van der Waals surface area contributed by atoms with Crippen molar-refractivity contribution in [2.45, 2.75) is 18.7 Å². The van der Waals surface area contributed by atoms with E-state index in [1.54, 1.807) is 32.0 Å². The van der Waals surface area contributed by atoms with Crippen molar-refractivity contribution in [2.24, 2.45) is 0 Å². The fourth-order valence-electron chi connectivity index (χ4n) is 2.32. The van der Waals surface area contributed by atoms with Crippen molar-refractivity contribution in [1.82, 2.24) is 4.31 Å². The van der Waals surface area contributed by atoms with Gasteiger partial charge < -0.3 is 10.1 Å². The van der Waals surface area contributed by atoms with Crippen molar-refractivity contribution in [2.75, 3.05) is 25.0 Å². The summed E-state index contributed by atoms with van der Waals surface area (Å²) in [6.45, 7) is 4.28. The standard InChI is InChI=1S/C18H21IN2O4S/c1-3-21(4-2)26(23,24)15-11-9-14(10-12-15)20-18(22)13-25-17-8-6-5-7-16(17)19/h5-12H,3-4,13H2,1-2H3,(H,20,22). The van der Waals surface area contributed by atoms with Gasteiger partial charge in [-0.1, -0.05) is 26.0 Å². The fourth-order valence-corrected chi connectivity index (χ4v) is 4.33. The Balaban J connectivity index is 1.98.